The van der Waals surface area contributed by atoms with Crippen molar-refractivity contribution in [2.75, 3.05) is 20.1 Å². The van der Waals surface area contributed by atoms with Crippen molar-refractivity contribution in [1.29, 1.82) is 0 Å². The van der Waals surface area contributed by atoms with Crippen molar-refractivity contribution in [2.45, 2.75) is 58.4 Å². The number of imide groups is 1. The molecule has 1 saturated carbocycles. The molecule has 0 atom stereocenters. The molecular weight excluding hydrogens is 294 g/mol. The molecule has 2 aliphatic rings. The van der Waals surface area contributed by atoms with Gasteiger partial charge in [0.05, 0.1) is 0 Å². The highest BCUT2D eigenvalue weighted by Crippen LogP contribution is 2.37. The van der Waals surface area contributed by atoms with E-state index >= 15 is 0 Å². The molecule has 1 saturated heterocycles. The molecule has 23 heavy (non-hydrogen) atoms. The minimum atomic E-state index is -0.764. The first-order valence-corrected chi connectivity index (χ1v) is 8.67. The predicted molar refractivity (Wildman–Crippen MR) is 87.7 cm³/mol. The average Bonchev–Trinajstić information content (AvgIpc) is 2.72. The minimum absolute atomic E-state index is 0.160. The van der Waals surface area contributed by atoms with E-state index in [4.69, 9.17) is 0 Å². The first kappa shape index (κ1) is 17.8. The Morgan fingerprint density at radius 3 is 2.48 bits per heavy atom. The maximum absolute atomic E-state index is 12.7. The van der Waals surface area contributed by atoms with E-state index in [2.05, 4.69) is 12.2 Å². The van der Waals surface area contributed by atoms with Crippen LogP contribution in [0.5, 0.6) is 0 Å². The molecule has 0 unspecified atom stereocenters. The second kappa shape index (κ2) is 6.89. The fraction of sp³-hybridized carbons (Fsp3) is 0.824. The lowest BCUT2D eigenvalue weighted by molar-refractivity contribution is -0.139. The summed E-state index contributed by atoms with van der Waals surface area (Å²) in [5.74, 6) is 0.575. The number of hydrogen-bond acceptors (Lipinski definition) is 3. The molecule has 0 radical (unpaired) electrons. The van der Waals surface area contributed by atoms with E-state index in [9.17, 15) is 14.4 Å². The zero-order chi connectivity index (χ0) is 17.2. The van der Waals surface area contributed by atoms with E-state index in [0.29, 0.717) is 31.2 Å². The Morgan fingerprint density at radius 1 is 1.35 bits per heavy atom. The second-order valence-corrected chi connectivity index (χ2v) is 7.42. The minimum Gasteiger partial charge on any atom is -0.344 e. The number of urea groups is 1. The van der Waals surface area contributed by atoms with Crippen molar-refractivity contribution in [2.24, 2.45) is 11.8 Å². The smallest absolute Gasteiger partial charge is 0.325 e. The van der Waals surface area contributed by atoms with Gasteiger partial charge in [0.2, 0.25) is 5.91 Å². The Balaban J connectivity index is 2.00. The van der Waals surface area contributed by atoms with Gasteiger partial charge in [-0.05, 0) is 37.5 Å². The molecule has 1 N–H and O–H groups in total. The first-order chi connectivity index (χ1) is 10.8. The van der Waals surface area contributed by atoms with Crippen LogP contribution < -0.4 is 5.32 Å². The molecule has 1 heterocycles. The van der Waals surface area contributed by atoms with E-state index in [1.165, 1.54) is 0 Å². The molecule has 2 rings (SSSR count). The van der Waals surface area contributed by atoms with Crippen LogP contribution >= 0.6 is 0 Å². The number of nitrogens with one attached hydrogen (secondary N) is 1. The van der Waals surface area contributed by atoms with Gasteiger partial charge in [-0.3, -0.25) is 14.5 Å². The van der Waals surface area contributed by atoms with E-state index in [1.807, 2.05) is 13.8 Å². The van der Waals surface area contributed by atoms with E-state index in [0.717, 1.165) is 24.2 Å². The highest BCUT2D eigenvalue weighted by atomic mass is 16.2. The van der Waals surface area contributed by atoms with Crippen LogP contribution in [0.4, 0.5) is 4.79 Å². The Hall–Kier alpha value is -1.59. The number of likely N-dealkylation sites (N-methyl/N-ethyl adjacent to an activating group) is 1. The summed E-state index contributed by atoms with van der Waals surface area (Å²) in [6.45, 7) is 6.67. The normalized spacial score (nSPS) is 27.7. The number of nitrogens with zero attached hydrogens (tertiary/aromatic N) is 2. The lowest BCUT2D eigenvalue weighted by Crippen LogP contribution is -2.50. The van der Waals surface area contributed by atoms with E-state index in [1.54, 1.807) is 11.9 Å². The van der Waals surface area contributed by atoms with Crippen molar-refractivity contribution < 1.29 is 14.4 Å². The Kier molecular flexibility index (Phi) is 5.32. The van der Waals surface area contributed by atoms with Crippen molar-refractivity contribution in [3.8, 4) is 0 Å². The molecule has 0 aromatic heterocycles. The van der Waals surface area contributed by atoms with Gasteiger partial charge in [-0.15, -0.1) is 0 Å². The molecule has 1 aliphatic carbocycles. The van der Waals surface area contributed by atoms with Gasteiger partial charge in [-0.1, -0.05) is 27.2 Å². The molecule has 0 aromatic carbocycles. The van der Waals surface area contributed by atoms with E-state index < -0.39 is 11.6 Å². The number of hydrogen-bond donors (Lipinski definition) is 1. The Bertz CT molecular complexity index is 481. The predicted octanol–water partition coefficient (Wildman–Crippen LogP) is 1.99. The van der Waals surface area contributed by atoms with Crippen LogP contribution in [0.25, 0.3) is 0 Å². The third kappa shape index (κ3) is 3.67. The molecule has 0 bridgehead atoms. The van der Waals surface area contributed by atoms with Crippen LogP contribution in [0.15, 0.2) is 0 Å². The summed E-state index contributed by atoms with van der Waals surface area (Å²) in [5, 5.41) is 2.87. The van der Waals surface area contributed by atoms with Crippen LogP contribution in [0.1, 0.15) is 52.9 Å². The monoisotopic (exact) mass is 323 g/mol. The quantitative estimate of drug-likeness (QED) is 0.787. The van der Waals surface area contributed by atoms with Crippen LogP contribution in [-0.2, 0) is 9.59 Å². The molecule has 4 amide bonds. The topological polar surface area (TPSA) is 69.7 Å². The molecule has 6 nitrogen and oxygen atoms in total. The number of carbonyl (C=O) groups excluding carboxylic acids is 3. The summed E-state index contributed by atoms with van der Waals surface area (Å²) in [7, 11) is 1.71. The molecule has 1 aliphatic heterocycles. The fourth-order valence-electron chi connectivity index (χ4n) is 3.64. The molecule has 1 spiro atoms. The van der Waals surface area contributed by atoms with Gasteiger partial charge in [0.15, 0.2) is 0 Å². The molecular formula is C17H29N3O3. The third-order valence-electron chi connectivity index (χ3n) is 5.14. The first-order valence-electron chi connectivity index (χ1n) is 8.67. The van der Waals surface area contributed by atoms with Crippen molar-refractivity contribution in [3.63, 3.8) is 0 Å². The van der Waals surface area contributed by atoms with Gasteiger partial charge in [-0.2, -0.15) is 0 Å². The van der Waals surface area contributed by atoms with Crippen molar-refractivity contribution in [1.82, 2.24) is 15.1 Å². The second-order valence-electron chi connectivity index (χ2n) is 7.42. The number of carbonyl (C=O) groups is 3. The van der Waals surface area contributed by atoms with Gasteiger partial charge in [-0.25, -0.2) is 4.79 Å². The Labute approximate surface area is 138 Å². The van der Waals surface area contributed by atoms with Gasteiger partial charge in [0.1, 0.15) is 12.1 Å². The summed E-state index contributed by atoms with van der Waals surface area (Å²) in [6, 6.07) is -0.420. The summed E-state index contributed by atoms with van der Waals surface area (Å²) in [5.41, 5.74) is -0.764. The van der Waals surface area contributed by atoms with Gasteiger partial charge < -0.3 is 10.2 Å². The molecule has 2 fully saturated rings. The van der Waals surface area contributed by atoms with Gasteiger partial charge in [0, 0.05) is 13.6 Å². The standard InChI is InChI=1S/C17H29N3O3/c1-5-13-6-8-17(9-7-13)15(22)20(16(23)18-17)11-14(21)19(4)10-12(2)3/h12-13H,5-11H2,1-4H3,(H,18,23). The lowest BCUT2D eigenvalue weighted by atomic mass is 9.75. The zero-order valence-electron chi connectivity index (χ0n) is 14.7. The van der Waals surface area contributed by atoms with Gasteiger partial charge >= 0.3 is 6.03 Å². The van der Waals surface area contributed by atoms with Crippen LogP contribution in [0.3, 0.4) is 0 Å². The number of rotatable bonds is 5. The van der Waals surface area contributed by atoms with Crippen LogP contribution in [0.2, 0.25) is 0 Å². The highest BCUT2D eigenvalue weighted by Gasteiger charge is 2.52. The van der Waals surface area contributed by atoms with E-state index in [-0.39, 0.29) is 18.4 Å². The molecule has 0 aromatic rings. The third-order valence-corrected chi connectivity index (χ3v) is 5.14. The Morgan fingerprint density at radius 2 is 1.96 bits per heavy atom. The summed E-state index contributed by atoms with van der Waals surface area (Å²) in [4.78, 5) is 39.9. The SMILES string of the molecule is CCC1CCC2(CC1)NC(=O)N(CC(=O)N(C)CC(C)C)C2=O. The van der Waals surface area contributed by atoms with Crippen LogP contribution in [0, 0.1) is 11.8 Å². The summed E-state index contributed by atoms with van der Waals surface area (Å²) in [6.07, 6.45) is 4.39. The van der Waals surface area contributed by atoms with Crippen molar-refractivity contribution in [3.05, 3.63) is 0 Å². The average molecular weight is 323 g/mol. The highest BCUT2D eigenvalue weighted by molar-refractivity contribution is 6.09. The van der Waals surface area contributed by atoms with Gasteiger partial charge in [0.25, 0.3) is 5.91 Å². The summed E-state index contributed by atoms with van der Waals surface area (Å²) >= 11 is 0. The lowest BCUT2D eigenvalue weighted by Gasteiger charge is -2.34. The molecule has 6 heteroatoms. The maximum Gasteiger partial charge on any atom is 0.325 e. The summed E-state index contributed by atoms with van der Waals surface area (Å²) < 4.78 is 0. The number of amides is 4. The van der Waals surface area contributed by atoms with Crippen molar-refractivity contribution >= 4 is 17.8 Å². The largest absolute Gasteiger partial charge is 0.344 e. The molecule has 130 valence electrons. The zero-order valence-corrected chi connectivity index (χ0v) is 14.7. The fourth-order valence-corrected chi connectivity index (χ4v) is 3.64. The maximum atomic E-state index is 12.7. The van der Waals surface area contributed by atoms with Crippen LogP contribution in [-0.4, -0.2) is 53.3 Å².